The quantitative estimate of drug-likeness (QED) is 0.781. The number of hydrogen-bond acceptors (Lipinski definition) is 5. The fraction of sp³-hybridized carbons (Fsp3) is 0.250. The van der Waals surface area contributed by atoms with E-state index < -0.39 is 24.2 Å². The molecule has 1 aromatic heterocycles. The third kappa shape index (κ3) is 3.76. The van der Waals surface area contributed by atoms with Gasteiger partial charge in [0.05, 0.1) is 12.3 Å². The molecule has 0 unspecified atom stereocenters. The van der Waals surface area contributed by atoms with E-state index in [-0.39, 0.29) is 23.3 Å². The number of hydrogen-bond donors (Lipinski definition) is 2. The molecule has 1 heterocycles. The molecule has 0 amide bonds. The van der Waals surface area contributed by atoms with Crippen molar-refractivity contribution >= 4 is 17.7 Å². The van der Waals surface area contributed by atoms with Crippen molar-refractivity contribution in [2.24, 2.45) is 0 Å². The van der Waals surface area contributed by atoms with Gasteiger partial charge in [0.25, 0.3) is 0 Å². The van der Waals surface area contributed by atoms with Gasteiger partial charge in [-0.2, -0.15) is 0 Å². The highest BCUT2D eigenvalue weighted by molar-refractivity contribution is 7.99. The van der Waals surface area contributed by atoms with Crippen molar-refractivity contribution in [3.05, 3.63) is 41.2 Å². The number of thioether (sulfide) groups is 1. The van der Waals surface area contributed by atoms with Crippen molar-refractivity contribution in [3.63, 3.8) is 0 Å². The summed E-state index contributed by atoms with van der Waals surface area (Å²) in [6.07, 6.45) is 0. The molecule has 9 heteroatoms. The first-order chi connectivity index (χ1) is 10.0. The monoisotopic (exact) mass is 315 g/mol. The van der Waals surface area contributed by atoms with E-state index >= 15 is 0 Å². The van der Waals surface area contributed by atoms with Gasteiger partial charge in [-0.1, -0.05) is 17.8 Å². The predicted molar refractivity (Wildman–Crippen MR) is 69.8 cm³/mol. The molecular formula is C12H11F2N3O3S. The van der Waals surface area contributed by atoms with Gasteiger partial charge in [0.1, 0.15) is 6.61 Å². The van der Waals surface area contributed by atoms with Crippen LogP contribution < -0.4 is 0 Å². The van der Waals surface area contributed by atoms with Crippen molar-refractivity contribution in [2.75, 3.05) is 5.75 Å². The van der Waals surface area contributed by atoms with Crippen molar-refractivity contribution in [1.29, 1.82) is 0 Å². The topological polar surface area (TPSA) is 88.2 Å². The summed E-state index contributed by atoms with van der Waals surface area (Å²) in [4.78, 5) is 10.6. The summed E-state index contributed by atoms with van der Waals surface area (Å²) in [5.41, 5.74) is 0.445. The normalized spacial score (nSPS) is 10.8. The lowest BCUT2D eigenvalue weighted by Gasteiger charge is -2.09. The zero-order valence-corrected chi connectivity index (χ0v) is 11.5. The third-order valence-corrected chi connectivity index (χ3v) is 3.54. The predicted octanol–water partition coefficient (Wildman–Crippen LogP) is 1.27. The second kappa shape index (κ2) is 6.64. The smallest absolute Gasteiger partial charge is 0.313 e. The van der Waals surface area contributed by atoms with E-state index in [0.717, 1.165) is 23.9 Å². The molecule has 0 aliphatic heterocycles. The number of carboxylic acids is 1. The molecule has 0 atom stereocenters. The molecule has 6 nitrogen and oxygen atoms in total. The Morgan fingerprint density at radius 2 is 2.05 bits per heavy atom. The van der Waals surface area contributed by atoms with Crippen molar-refractivity contribution < 1.29 is 23.8 Å². The van der Waals surface area contributed by atoms with Crippen LogP contribution in [0.4, 0.5) is 8.78 Å². The summed E-state index contributed by atoms with van der Waals surface area (Å²) < 4.78 is 27.6. The first-order valence-electron chi connectivity index (χ1n) is 5.82. The third-order valence-electron chi connectivity index (χ3n) is 2.58. The van der Waals surface area contributed by atoms with Crippen LogP contribution in [0.5, 0.6) is 0 Å². The number of benzene rings is 1. The van der Waals surface area contributed by atoms with Gasteiger partial charge < -0.3 is 10.2 Å². The van der Waals surface area contributed by atoms with Crippen LogP contribution in [0, 0.1) is 11.6 Å². The van der Waals surface area contributed by atoms with E-state index in [1.807, 2.05) is 0 Å². The molecule has 0 saturated heterocycles. The highest BCUT2D eigenvalue weighted by Gasteiger charge is 2.14. The molecule has 2 N–H and O–H groups in total. The zero-order chi connectivity index (χ0) is 15.4. The number of rotatable bonds is 6. The Bertz CT molecular complexity index is 663. The van der Waals surface area contributed by atoms with E-state index in [1.165, 1.54) is 10.6 Å². The maximum absolute atomic E-state index is 13.2. The molecule has 2 rings (SSSR count). The first kappa shape index (κ1) is 15.4. The standard InChI is InChI=1S/C12H11F2N3O3S/c13-8-2-1-7(3-9(8)14)4-17-10(5-18)15-16-12(17)21-6-11(19)20/h1-3,18H,4-6H2,(H,19,20). The number of aromatic nitrogens is 3. The molecular weight excluding hydrogens is 304 g/mol. The van der Waals surface area contributed by atoms with Crippen LogP contribution in [0.15, 0.2) is 23.4 Å². The molecule has 21 heavy (non-hydrogen) atoms. The second-order valence-corrected chi connectivity index (χ2v) is 5.02. The molecule has 0 saturated carbocycles. The Morgan fingerprint density at radius 1 is 1.29 bits per heavy atom. The second-order valence-electron chi connectivity index (χ2n) is 4.07. The van der Waals surface area contributed by atoms with Crippen LogP contribution in [0.2, 0.25) is 0 Å². The van der Waals surface area contributed by atoms with E-state index in [9.17, 15) is 18.7 Å². The molecule has 0 radical (unpaired) electrons. The number of aliphatic hydroxyl groups is 1. The van der Waals surface area contributed by atoms with E-state index in [0.29, 0.717) is 5.56 Å². The first-order valence-corrected chi connectivity index (χ1v) is 6.81. The highest BCUT2D eigenvalue weighted by Crippen LogP contribution is 2.19. The highest BCUT2D eigenvalue weighted by atomic mass is 32.2. The van der Waals surface area contributed by atoms with E-state index in [2.05, 4.69) is 10.2 Å². The van der Waals surface area contributed by atoms with Gasteiger partial charge in [-0.3, -0.25) is 9.36 Å². The number of aliphatic carboxylic acids is 1. The average Bonchev–Trinajstić information content (AvgIpc) is 2.82. The van der Waals surface area contributed by atoms with Crippen molar-refractivity contribution in [2.45, 2.75) is 18.3 Å². The van der Waals surface area contributed by atoms with Gasteiger partial charge in [-0.25, -0.2) is 8.78 Å². The minimum Gasteiger partial charge on any atom is -0.481 e. The summed E-state index contributed by atoms with van der Waals surface area (Å²) >= 11 is 0.929. The van der Waals surface area contributed by atoms with Crippen molar-refractivity contribution in [3.8, 4) is 0 Å². The molecule has 0 aliphatic carbocycles. The minimum absolute atomic E-state index is 0.0993. The lowest BCUT2D eigenvalue weighted by atomic mass is 10.2. The molecule has 1 aromatic carbocycles. The summed E-state index contributed by atoms with van der Waals surface area (Å²) in [6.45, 7) is -0.299. The van der Waals surface area contributed by atoms with Crippen LogP contribution in [-0.4, -0.2) is 36.7 Å². The molecule has 0 aliphatic rings. The minimum atomic E-state index is -1.02. The molecule has 112 valence electrons. The van der Waals surface area contributed by atoms with Crippen LogP contribution in [0.1, 0.15) is 11.4 Å². The van der Waals surface area contributed by atoms with Gasteiger partial charge in [-0.05, 0) is 17.7 Å². The van der Waals surface area contributed by atoms with Gasteiger partial charge in [0, 0.05) is 0 Å². The van der Waals surface area contributed by atoms with Crippen LogP contribution in [0.3, 0.4) is 0 Å². The summed E-state index contributed by atoms with van der Waals surface area (Å²) in [7, 11) is 0. The summed E-state index contributed by atoms with van der Waals surface area (Å²) in [6, 6.07) is 3.42. The largest absolute Gasteiger partial charge is 0.481 e. The molecule has 0 fully saturated rings. The Hall–Kier alpha value is -2.00. The number of carboxylic acid groups (broad SMARTS) is 1. The van der Waals surface area contributed by atoms with Crippen LogP contribution in [0.25, 0.3) is 0 Å². The zero-order valence-electron chi connectivity index (χ0n) is 10.7. The maximum Gasteiger partial charge on any atom is 0.313 e. The van der Waals surface area contributed by atoms with E-state index in [4.69, 9.17) is 5.11 Å². The number of carbonyl (C=O) groups is 1. The molecule has 0 bridgehead atoms. The fourth-order valence-electron chi connectivity index (χ4n) is 1.65. The molecule has 2 aromatic rings. The number of aliphatic hydroxyl groups excluding tert-OH is 1. The lowest BCUT2D eigenvalue weighted by molar-refractivity contribution is -0.133. The van der Waals surface area contributed by atoms with Gasteiger partial charge in [0.2, 0.25) is 0 Å². The Kier molecular flexibility index (Phi) is 4.86. The van der Waals surface area contributed by atoms with E-state index in [1.54, 1.807) is 0 Å². The van der Waals surface area contributed by atoms with Gasteiger partial charge >= 0.3 is 5.97 Å². The summed E-state index contributed by atoms with van der Waals surface area (Å²) in [5, 5.41) is 25.7. The summed E-state index contributed by atoms with van der Waals surface area (Å²) in [5.74, 6) is -2.96. The SMILES string of the molecule is O=C(O)CSc1nnc(CO)n1Cc1ccc(F)c(F)c1. The average molecular weight is 315 g/mol. The van der Waals surface area contributed by atoms with Crippen LogP contribution >= 0.6 is 11.8 Å². The number of nitrogens with zero attached hydrogens (tertiary/aromatic N) is 3. The molecule has 0 spiro atoms. The maximum atomic E-state index is 13.2. The van der Waals surface area contributed by atoms with Gasteiger partial charge in [0.15, 0.2) is 22.6 Å². The lowest BCUT2D eigenvalue weighted by Crippen LogP contribution is -2.08. The Morgan fingerprint density at radius 3 is 2.67 bits per heavy atom. The Labute approximate surface area is 122 Å². The Balaban J connectivity index is 2.26. The van der Waals surface area contributed by atoms with Crippen LogP contribution in [-0.2, 0) is 17.9 Å². The fourth-order valence-corrected chi connectivity index (χ4v) is 2.33. The van der Waals surface area contributed by atoms with Crippen molar-refractivity contribution in [1.82, 2.24) is 14.8 Å². The number of halogens is 2. The van der Waals surface area contributed by atoms with Gasteiger partial charge in [-0.15, -0.1) is 10.2 Å².